The molecule has 0 bridgehead atoms. The van der Waals surface area contributed by atoms with Crippen molar-refractivity contribution in [2.24, 2.45) is 5.10 Å². The fourth-order valence-corrected chi connectivity index (χ4v) is 2.28. The highest BCUT2D eigenvalue weighted by atomic mass is 16.3. The second kappa shape index (κ2) is 5.42. The lowest BCUT2D eigenvalue weighted by atomic mass is 10.2. The molecule has 0 aliphatic carbocycles. The van der Waals surface area contributed by atoms with Crippen molar-refractivity contribution in [2.75, 3.05) is 0 Å². The van der Waals surface area contributed by atoms with E-state index in [0.29, 0.717) is 28.2 Å². The van der Waals surface area contributed by atoms with E-state index in [0.717, 1.165) is 0 Å². The summed E-state index contributed by atoms with van der Waals surface area (Å²) in [7, 11) is 0. The molecule has 4 aromatic rings. The summed E-state index contributed by atoms with van der Waals surface area (Å²) < 4.78 is 11.8. The number of benzene rings is 1. The van der Waals surface area contributed by atoms with Crippen LogP contribution in [0.15, 0.2) is 79.8 Å². The van der Waals surface area contributed by atoms with Crippen LogP contribution in [-0.4, -0.2) is 15.9 Å². The Labute approximate surface area is 130 Å². The zero-order chi connectivity index (χ0) is 15.6. The Balaban J connectivity index is 1.98. The Morgan fingerprint density at radius 1 is 1.00 bits per heavy atom. The lowest BCUT2D eigenvalue weighted by molar-refractivity contribution is 0.558. The van der Waals surface area contributed by atoms with Crippen molar-refractivity contribution in [3.05, 3.63) is 77.2 Å². The molecule has 0 aliphatic heterocycles. The summed E-state index contributed by atoms with van der Waals surface area (Å²) in [5.41, 5.74) is 0.318. The number of fused-ring (bicyclic) bond motifs is 1. The zero-order valence-electron chi connectivity index (χ0n) is 11.9. The fraction of sp³-hybridized carbons (Fsp3) is 0. The van der Waals surface area contributed by atoms with Gasteiger partial charge in [-0.1, -0.05) is 12.1 Å². The normalized spacial score (nSPS) is 11.5. The van der Waals surface area contributed by atoms with E-state index >= 15 is 0 Å². The molecule has 112 valence electrons. The number of hydrogen-bond donors (Lipinski definition) is 0. The van der Waals surface area contributed by atoms with Crippen LogP contribution in [0.5, 0.6) is 0 Å². The third kappa shape index (κ3) is 2.36. The van der Waals surface area contributed by atoms with Crippen molar-refractivity contribution in [3.63, 3.8) is 0 Å². The lowest BCUT2D eigenvalue weighted by Crippen LogP contribution is -2.20. The Hall–Kier alpha value is -3.41. The second-order valence-electron chi connectivity index (χ2n) is 4.81. The van der Waals surface area contributed by atoms with E-state index in [-0.39, 0.29) is 5.56 Å². The molecule has 1 aromatic carbocycles. The van der Waals surface area contributed by atoms with Gasteiger partial charge in [0.2, 0.25) is 5.82 Å². The van der Waals surface area contributed by atoms with E-state index in [1.807, 2.05) is 6.07 Å². The number of rotatable bonds is 3. The molecule has 0 unspecified atom stereocenters. The van der Waals surface area contributed by atoms with E-state index in [4.69, 9.17) is 8.83 Å². The number of para-hydroxylation sites is 1. The van der Waals surface area contributed by atoms with Gasteiger partial charge in [-0.3, -0.25) is 4.79 Å². The smallest absolute Gasteiger partial charge is 0.282 e. The fourth-order valence-electron chi connectivity index (χ4n) is 2.28. The molecule has 4 rings (SSSR count). The Bertz CT molecular complexity index is 1030. The molecule has 3 aromatic heterocycles. The minimum absolute atomic E-state index is 0.273. The average molecular weight is 305 g/mol. The van der Waals surface area contributed by atoms with E-state index in [9.17, 15) is 4.79 Å². The third-order valence-corrected chi connectivity index (χ3v) is 3.34. The standard InChI is InChI=1S/C17H11N3O3/c21-17-13-6-1-2-7-14(13)19-16(15-8-4-10-23-15)20(17)18-11-12-5-3-9-22-12/h1-11H/b18-11-. The number of furan rings is 2. The van der Waals surface area contributed by atoms with Gasteiger partial charge in [0.15, 0.2) is 5.76 Å². The maximum atomic E-state index is 12.7. The molecule has 0 amide bonds. The van der Waals surface area contributed by atoms with Crippen LogP contribution in [0.25, 0.3) is 22.5 Å². The molecule has 0 fully saturated rings. The van der Waals surface area contributed by atoms with Crippen molar-refractivity contribution in [1.82, 2.24) is 9.66 Å². The maximum absolute atomic E-state index is 12.7. The van der Waals surface area contributed by atoms with E-state index < -0.39 is 0 Å². The average Bonchev–Trinajstić information content (AvgIpc) is 3.27. The van der Waals surface area contributed by atoms with Gasteiger partial charge in [0, 0.05) is 0 Å². The molecule has 0 N–H and O–H groups in total. The molecule has 0 saturated heterocycles. The SMILES string of the molecule is O=c1c2ccccc2nc(-c2ccco2)n1/N=C\c1ccco1. The van der Waals surface area contributed by atoms with E-state index in [2.05, 4.69) is 10.1 Å². The minimum atomic E-state index is -0.273. The summed E-state index contributed by atoms with van der Waals surface area (Å²) in [6.45, 7) is 0. The summed E-state index contributed by atoms with van der Waals surface area (Å²) in [4.78, 5) is 17.2. The predicted molar refractivity (Wildman–Crippen MR) is 85.4 cm³/mol. The van der Waals surface area contributed by atoms with Gasteiger partial charge in [0.1, 0.15) is 5.76 Å². The minimum Gasteiger partial charge on any atom is -0.463 e. The van der Waals surface area contributed by atoms with Crippen LogP contribution >= 0.6 is 0 Å². The van der Waals surface area contributed by atoms with E-state index in [1.165, 1.54) is 23.4 Å². The lowest BCUT2D eigenvalue weighted by Gasteiger charge is -2.06. The summed E-state index contributed by atoms with van der Waals surface area (Å²) in [5, 5.41) is 4.70. The first-order valence-electron chi connectivity index (χ1n) is 6.96. The molecular formula is C17H11N3O3. The monoisotopic (exact) mass is 305 g/mol. The first-order chi connectivity index (χ1) is 11.3. The van der Waals surface area contributed by atoms with Crippen LogP contribution < -0.4 is 5.56 Å². The summed E-state index contributed by atoms with van der Waals surface area (Å²) in [6, 6.07) is 14.1. The molecule has 23 heavy (non-hydrogen) atoms. The highest BCUT2D eigenvalue weighted by Gasteiger charge is 2.14. The van der Waals surface area contributed by atoms with Gasteiger partial charge in [-0.2, -0.15) is 9.78 Å². The van der Waals surface area contributed by atoms with Crippen LogP contribution in [0.4, 0.5) is 0 Å². The predicted octanol–water partition coefficient (Wildman–Crippen LogP) is 3.13. The van der Waals surface area contributed by atoms with Crippen molar-refractivity contribution >= 4 is 17.1 Å². The number of nitrogens with zero attached hydrogens (tertiary/aromatic N) is 3. The Kier molecular flexibility index (Phi) is 3.12. The van der Waals surface area contributed by atoms with Gasteiger partial charge >= 0.3 is 0 Å². The van der Waals surface area contributed by atoms with Gasteiger partial charge in [-0.05, 0) is 36.4 Å². The maximum Gasteiger partial charge on any atom is 0.282 e. The second-order valence-corrected chi connectivity index (χ2v) is 4.81. The van der Waals surface area contributed by atoms with Crippen LogP contribution in [0.3, 0.4) is 0 Å². The molecular weight excluding hydrogens is 294 g/mol. The molecule has 0 aliphatic rings. The molecule has 0 atom stereocenters. The summed E-state index contributed by atoms with van der Waals surface area (Å²) in [5.74, 6) is 1.33. The van der Waals surface area contributed by atoms with Gasteiger partial charge in [-0.15, -0.1) is 0 Å². The molecule has 0 saturated carbocycles. The Morgan fingerprint density at radius 2 is 1.83 bits per heavy atom. The van der Waals surface area contributed by atoms with E-state index in [1.54, 1.807) is 42.5 Å². The van der Waals surface area contributed by atoms with Crippen molar-refractivity contribution in [2.45, 2.75) is 0 Å². The first kappa shape index (κ1) is 13.3. The van der Waals surface area contributed by atoms with Gasteiger partial charge in [-0.25, -0.2) is 4.98 Å². The quantitative estimate of drug-likeness (QED) is 0.545. The van der Waals surface area contributed by atoms with Crippen LogP contribution in [0.2, 0.25) is 0 Å². The van der Waals surface area contributed by atoms with Crippen molar-refractivity contribution < 1.29 is 8.83 Å². The van der Waals surface area contributed by atoms with Crippen LogP contribution in [-0.2, 0) is 0 Å². The summed E-state index contributed by atoms with van der Waals surface area (Å²) >= 11 is 0. The highest BCUT2D eigenvalue weighted by molar-refractivity contribution is 5.80. The molecule has 0 radical (unpaired) electrons. The first-order valence-corrected chi connectivity index (χ1v) is 6.96. The highest BCUT2D eigenvalue weighted by Crippen LogP contribution is 2.19. The third-order valence-electron chi connectivity index (χ3n) is 3.34. The molecule has 6 nitrogen and oxygen atoms in total. The molecule has 3 heterocycles. The largest absolute Gasteiger partial charge is 0.463 e. The Morgan fingerprint density at radius 3 is 2.61 bits per heavy atom. The van der Waals surface area contributed by atoms with Crippen LogP contribution in [0.1, 0.15) is 5.76 Å². The molecule has 6 heteroatoms. The number of hydrogen-bond acceptors (Lipinski definition) is 5. The van der Waals surface area contributed by atoms with Crippen LogP contribution in [0, 0.1) is 0 Å². The molecule has 0 spiro atoms. The van der Waals surface area contributed by atoms with Gasteiger partial charge < -0.3 is 8.83 Å². The summed E-state index contributed by atoms with van der Waals surface area (Å²) in [6.07, 6.45) is 4.53. The van der Waals surface area contributed by atoms with Crippen molar-refractivity contribution in [3.8, 4) is 11.6 Å². The zero-order valence-corrected chi connectivity index (χ0v) is 11.9. The van der Waals surface area contributed by atoms with Crippen molar-refractivity contribution in [1.29, 1.82) is 0 Å². The topological polar surface area (TPSA) is 73.5 Å². The van der Waals surface area contributed by atoms with Gasteiger partial charge in [0.25, 0.3) is 5.56 Å². The number of aromatic nitrogens is 2. The van der Waals surface area contributed by atoms with Gasteiger partial charge in [0.05, 0.1) is 29.6 Å².